The third-order valence-corrected chi connectivity index (χ3v) is 2.62. The molecule has 0 aliphatic rings. The molecule has 0 aromatic carbocycles. The van der Waals surface area contributed by atoms with E-state index in [1.54, 1.807) is 19.9 Å². The molecule has 0 radical (unpaired) electrons. The van der Waals surface area contributed by atoms with E-state index < -0.39 is 0 Å². The van der Waals surface area contributed by atoms with E-state index >= 15 is 0 Å². The van der Waals surface area contributed by atoms with E-state index in [1.165, 1.54) is 4.57 Å². The Balaban J connectivity index is 3.05. The first kappa shape index (κ1) is 13.0. The van der Waals surface area contributed by atoms with Crippen LogP contribution in [0.25, 0.3) is 0 Å². The second kappa shape index (κ2) is 5.30. The lowest BCUT2D eigenvalue weighted by molar-refractivity contribution is -0.118. The summed E-state index contributed by atoms with van der Waals surface area (Å²) in [5, 5.41) is 8.89. The lowest BCUT2D eigenvalue weighted by Crippen LogP contribution is -2.26. The molecular formula is C12H15N3O2. The van der Waals surface area contributed by atoms with E-state index in [2.05, 4.69) is 0 Å². The molecular weight excluding hydrogens is 218 g/mol. The second-order valence-corrected chi connectivity index (χ2v) is 3.98. The number of carbonyl (C=O) groups excluding carboxylic acids is 1. The maximum absolute atomic E-state index is 11.9. The Labute approximate surface area is 99.5 Å². The van der Waals surface area contributed by atoms with Crippen molar-refractivity contribution in [3.05, 3.63) is 33.2 Å². The van der Waals surface area contributed by atoms with Gasteiger partial charge in [0.1, 0.15) is 11.6 Å². The van der Waals surface area contributed by atoms with Crippen LogP contribution in [0.4, 0.5) is 0 Å². The second-order valence-electron chi connectivity index (χ2n) is 3.98. The summed E-state index contributed by atoms with van der Waals surface area (Å²) < 4.78 is 1.51. The molecule has 1 rings (SSSR count). The minimum atomic E-state index is -0.386. The van der Waals surface area contributed by atoms with Crippen molar-refractivity contribution in [3.8, 4) is 6.07 Å². The number of primary amides is 1. The summed E-state index contributed by atoms with van der Waals surface area (Å²) in [4.78, 5) is 22.6. The maximum Gasteiger partial charge on any atom is 0.268 e. The smallest absolute Gasteiger partial charge is 0.268 e. The number of hydrogen-bond donors (Lipinski definition) is 1. The highest BCUT2D eigenvalue weighted by Gasteiger charge is 2.09. The molecule has 5 nitrogen and oxygen atoms in total. The van der Waals surface area contributed by atoms with Crippen molar-refractivity contribution in [2.75, 3.05) is 0 Å². The monoisotopic (exact) mass is 233 g/mol. The van der Waals surface area contributed by atoms with Gasteiger partial charge in [-0.05, 0) is 31.9 Å². The van der Waals surface area contributed by atoms with E-state index in [1.807, 2.05) is 6.07 Å². The van der Waals surface area contributed by atoms with Crippen molar-refractivity contribution < 1.29 is 4.79 Å². The molecule has 0 saturated carbocycles. The summed E-state index contributed by atoms with van der Waals surface area (Å²) in [6, 6.07) is 3.70. The highest BCUT2D eigenvalue weighted by Crippen LogP contribution is 2.06. The number of nitrogens with two attached hydrogens (primary N) is 1. The summed E-state index contributed by atoms with van der Waals surface area (Å²) in [6.45, 7) is 3.95. The Kier molecular flexibility index (Phi) is 4.05. The average molecular weight is 233 g/mol. The molecule has 0 bridgehead atoms. The SMILES string of the molecule is Cc1cc(C)n(CCCC(N)=O)c(=O)c1C#N. The fourth-order valence-corrected chi connectivity index (χ4v) is 1.75. The molecule has 0 unspecified atom stereocenters. The third-order valence-electron chi connectivity index (χ3n) is 2.62. The van der Waals surface area contributed by atoms with Gasteiger partial charge in [0.2, 0.25) is 5.91 Å². The molecule has 0 fully saturated rings. The van der Waals surface area contributed by atoms with Crippen molar-refractivity contribution in [1.82, 2.24) is 4.57 Å². The van der Waals surface area contributed by atoms with Crippen LogP contribution in [0.15, 0.2) is 10.9 Å². The van der Waals surface area contributed by atoms with Crippen LogP contribution in [0.2, 0.25) is 0 Å². The largest absolute Gasteiger partial charge is 0.370 e. The maximum atomic E-state index is 11.9. The van der Waals surface area contributed by atoms with Crippen LogP contribution >= 0.6 is 0 Å². The van der Waals surface area contributed by atoms with Crippen LogP contribution in [-0.2, 0) is 11.3 Å². The number of nitrogens with zero attached hydrogens (tertiary/aromatic N) is 2. The zero-order valence-corrected chi connectivity index (χ0v) is 9.99. The summed E-state index contributed by atoms with van der Waals surface area (Å²) >= 11 is 0. The quantitative estimate of drug-likeness (QED) is 0.825. The summed E-state index contributed by atoms with van der Waals surface area (Å²) in [7, 11) is 0. The van der Waals surface area contributed by atoms with Gasteiger partial charge < -0.3 is 10.3 Å². The standard InChI is InChI=1S/C12H15N3O2/c1-8-6-9(2)15(5-3-4-11(14)16)12(17)10(8)7-13/h6H,3-5H2,1-2H3,(H2,14,16). The van der Waals surface area contributed by atoms with E-state index in [0.29, 0.717) is 18.5 Å². The number of nitriles is 1. The van der Waals surface area contributed by atoms with Gasteiger partial charge in [-0.1, -0.05) is 0 Å². The van der Waals surface area contributed by atoms with Crippen LogP contribution < -0.4 is 11.3 Å². The lowest BCUT2D eigenvalue weighted by atomic mass is 10.1. The molecule has 1 aromatic heterocycles. The molecule has 2 N–H and O–H groups in total. The summed E-state index contributed by atoms with van der Waals surface area (Å²) in [5.41, 5.74) is 6.37. The van der Waals surface area contributed by atoms with Gasteiger partial charge in [0.15, 0.2) is 0 Å². The fourth-order valence-electron chi connectivity index (χ4n) is 1.75. The Morgan fingerprint density at radius 1 is 1.53 bits per heavy atom. The van der Waals surface area contributed by atoms with Crippen molar-refractivity contribution in [2.45, 2.75) is 33.2 Å². The number of carbonyl (C=O) groups is 1. The summed E-state index contributed by atoms with van der Waals surface area (Å²) in [5.74, 6) is -0.386. The first-order valence-electron chi connectivity index (χ1n) is 5.36. The highest BCUT2D eigenvalue weighted by molar-refractivity contribution is 5.73. The fraction of sp³-hybridized carbons (Fsp3) is 0.417. The van der Waals surface area contributed by atoms with Crippen LogP contribution in [0.1, 0.15) is 29.7 Å². The molecule has 1 amide bonds. The first-order chi connectivity index (χ1) is 7.97. The predicted octanol–water partition coefficient (Wildman–Crippen LogP) is 0.602. The number of aromatic nitrogens is 1. The topological polar surface area (TPSA) is 88.9 Å². The summed E-state index contributed by atoms with van der Waals surface area (Å²) in [6.07, 6.45) is 0.742. The molecule has 0 atom stereocenters. The van der Waals surface area contributed by atoms with E-state index in [9.17, 15) is 9.59 Å². The van der Waals surface area contributed by atoms with Gasteiger partial charge in [0, 0.05) is 18.7 Å². The molecule has 0 saturated heterocycles. The van der Waals surface area contributed by atoms with E-state index in [-0.39, 0.29) is 23.5 Å². The van der Waals surface area contributed by atoms with Gasteiger partial charge in [-0.15, -0.1) is 0 Å². The molecule has 0 aliphatic heterocycles. The van der Waals surface area contributed by atoms with Gasteiger partial charge in [0.05, 0.1) is 0 Å². The van der Waals surface area contributed by atoms with Crippen molar-refractivity contribution in [3.63, 3.8) is 0 Å². The van der Waals surface area contributed by atoms with Gasteiger partial charge in [0.25, 0.3) is 5.56 Å². The number of amides is 1. The zero-order chi connectivity index (χ0) is 13.0. The number of aryl methyl sites for hydroxylation is 2. The Bertz CT molecular complexity index is 538. The van der Waals surface area contributed by atoms with Crippen LogP contribution in [-0.4, -0.2) is 10.5 Å². The minimum absolute atomic E-state index is 0.162. The number of hydrogen-bond acceptors (Lipinski definition) is 3. The molecule has 1 heterocycles. The Morgan fingerprint density at radius 3 is 2.71 bits per heavy atom. The zero-order valence-electron chi connectivity index (χ0n) is 9.99. The number of pyridine rings is 1. The molecule has 0 spiro atoms. The Morgan fingerprint density at radius 2 is 2.18 bits per heavy atom. The minimum Gasteiger partial charge on any atom is -0.370 e. The van der Waals surface area contributed by atoms with E-state index in [0.717, 1.165) is 5.69 Å². The van der Waals surface area contributed by atoms with Crippen molar-refractivity contribution in [2.24, 2.45) is 5.73 Å². The van der Waals surface area contributed by atoms with Crippen LogP contribution in [0, 0.1) is 25.2 Å². The first-order valence-corrected chi connectivity index (χ1v) is 5.36. The van der Waals surface area contributed by atoms with Gasteiger partial charge in [-0.25, -0.2) is 0 Å². The molecule has 0 aliphatic carbocycles. The molecule has 1 aromatic rings. The number of rotatable bonds is 4. The molecule has 17 heavy (non-hydrogen) atoms. The van der Waals surface area contributed by atoms with E-state index in [4.69, 9.17) is 11.0 Å². The van der Waals surface area contributed by atoms with Gasteiger partial charge in [-0.3, -0.25) is 9.59 Å². The third kappa shape index (κ3) is 2.94. The molecule has 90 valence electrons. The lowest BCUT2D eigenvalue weighted by Gasteiger charge is -2.11. The molecule has 5 heteroatoms. The normalized spacial score (nSPS) is 9.94. The average Bonchev–Trinajstić information content (AvgIpc) is 2.22. The van der Waals surface area contributed by atoms with Crippen LogP contribution in [0.3, 0.4) is 0 Å². The predicted molar refractivity (Wildman–Crippen MR) is 63.3 cm³/mol. The highest BCUT2D eigenvalue weighted by atomic mass is 16.1. The van der Waals surface area contributed by atoms with Crippen LogP contribution in [0.5, 0.6) is 0 Å². The van der Waals surface area contributed by atoms with Gasteiger partial charge in [-0.2, -0.15) is 5.26 Å². The Hall–Kier alpha value is -2.09. The van der Waals surface area contributed by atoms with Crippen molar-refractivity contribution in [1.29, 1.82) is 5.26 Å². The van der Waals surface area contributed by atoms with Gasteiger partial charge >= 0.3 is 0 Å². The van der Waals surface area contributed by atoms with Crippen molar-refractivity contribution >= 4 is 5.91 Å².